The molecule has 162 valence electrons. The Balaban J connectivity index is 2.08. The van der Waals surface area contributed by atoms with E-state index in [1.165, 1.54) is 12.1 Å². The van der Waals surface area contributed by atoms with Crippen LogP contribution in [0, 0.1) is 11.2 Å². The van der Waals surface area contributed by atoms with Gasteiger partial charge in [-0.1, -0.05) is 32.4 Å². The molecule has 30 heavy (non-hydrogen) atoms. The lowest BCUT2D eigenvalue weighted by molar-refractivity contribution is -0.122. The summed E-state index contributed by atoms with van der Waals surface area (Å²) >= 11 is 5.97. The summed E-state index contributed by atoms with van der Waals surface area (Å²) in [5.41, 5.74) is 6.56. The van der Waals surface area contributed by atoms with E-state index in [4.69, 9.17) is 17.3 Å². The Bertz CT molecular complexity index is 983. The van der Waals surface area contributed by atoms with E-state index in [0.717, 1.165) is 18.7 Å². The first-order valence-corrected chi connectivity index (χ1v) is 10.2. The number of halogens is 2. The van der Waals surface area contributed by atoms with Crippen LogP contribution in [0.1, 0.15) is 43.4 Å². The second-order valence-corrected chi connectivity index (χ2v) is 9.18. The first-order valence-electron chi connectivity index (χ1n) is 9.82. The maximum atomic E-state index is 13.7. The number of rotatable bonds is 4. The van der Waals surface area contributed by atoms with Gasteiger partial charge in [-0.2, -0.15) is 0 Å². The largest absolute Gasteiger partial charge is 0.368 e. The maximum absolute atomic E-state index is 13.7. The van der Waals surface area contributed by atoms with Crippen LogP contribution in [0.5, 0.6) is 0 Å². The van der Waals surface area contributed by atoms with E-state index < -0.39 is 29.1 Å². The molecule has 2 amide bonds. The Kier molecular flexibility index (Phi) is 6.19. The number of amides is 2. The molecule has 1 atom stereocenters. The van der Waals surface area contributed by atoms with Gasteiger partial charge >= 0.3 is 0 Å². The summed E-state index contributed by atoms with van der Waals surface area (Å²) < 4.78 is 15.6. The minimum Gasteiger partial charge on any atom is -0.368 e. The van der Waals surface area contributed by atoms with Gasteiger partial charge in [0, 0.05) is 18.7 Å². The van der Waals surface area contributed by atoms with Crippen molar-refractivity contribution in [3.63, 3.8) is 0 Å². The van der Waals surface area contributed by atoms with Gasteiger partial charge in [-0.05, 0) is 43.6 Å². The smallest absolute Gasteiger partial charge is 0.272 e. The third kappa shape index (κ3) is 4.49. The summed E-state index contributed by atoms with van der Waals surface area (Å²) in [5, 5.41) is 2.74. The summed E-state index contributed by atoms with van der Waals surface area (Å²) in [5.74, 6) is -1.05. The Morgan fingerprint density at radius 1 is 1.30 bits per heavy atom. The molecule has 2 aromatic rings. The molecular formula is C21H27ClFN5O2. The highest BCUT2D eigenvalue weighted by atomic mass is 35.5. The molecule has 0 saturated heterocycles. The molecule has 2 heterocycles. The van der Waals surface area contributed by atoms with Crippen molar-refractivity contribution in [1.82, 2.24) is 19.8 Å². The number of aromatic nitrogens is 2. The number of imidazole rings is 1. The van der Waals surface area contributed by atoms with E-state index in [1.807, 2.05) is 32.4 Å². The van der Waals surface area contributed by atoms with Gasteiger partial charge in [0.05, 0.1) is 10.7 Å². The third-order valence-electron chi connectivity index (χ3n) is 5.23. The fourth-order valence-corrected chi connectivity index (χ4v) is 3.85. The van der Waals surface area contributed by atoms with Gasteiger partial charge in [-0.15, -0.1) is 0 Å². The second kappa shape index (κ2) is 8.35. The van der Waals surface area contributed by atoms with E-state index in [1.54, 1.807) is 6.07 Å². The number of nitrogens with two attached hydrogens (primary N) is 1. The van der Waals surface area contributed by atoms with Crippen molar-refractivity contribution in [3.8, 4) is 11.4 Å². The zero-order valence-corrected chi connectivity index (χ0v) is 18.4. The zero-order chi connectivity index (χ0) is 22.2. The van der Waals surface area contributed by atoms with Gasteiger partial charge in [0.25, 0.3) is 5.91 Å². The van der Waals surface area contributed by atoms with E-state index >= 15 is 0 Å². The van der Waals surface area contributed by atoms with Crippen LogP contribution in [-0.2, 0) is 17.9 Å². The number of benzene rings is 1. The highest BCUT2D eigenvalue weighted by Crippen LogP contribution is 2.29. The Labute approximate surface area is 180 Å². The Hall–Kier alpha value is -2.45. The van der Waals surface area contributed by atoms with E-state index in [-0.39, 0.29) is 10.7 Å². The average Bonchev–Trinajstić information content (AvgIpc) is 2.87. The molecule has 3 N–H and O–H groups in total. The van der Waals surface area contributed by atoms with Crippen LogP contribution >= 0.6 is 11.6 Å². The molecular weight excluding hydrogens is 409 g/mol. The third-order valence-corrected chi connectivity index (χ3v) is 5.52. The minimum atomic E-state index is -0.852. The number of fused-ring (bicyclic) bond motifs is 1. The Morgan fingerprint density at radius 2 is 2.00 bits per heavy atom. The van der Waals surface area contributed by atoms with E-state index in [9.17, 15) is 14.0 Å². The lowest BCUT2D eigenvalue weighted by Gasteiger charge is -2.28. The fraction of sp³-hybridized carbons (Fsp3) is 0.476. The number of hydrogen-bond donors (Lipinski definition) is 2. The van der Waals surface area contributed by atoms with Gasteiger partial charge < -0.3 is 20.5 Å². The first kappa shape index (κ1) is 22.2. The number of nitrogens with zero attached hydrogens (tertiary/aromatic N) is 3. The molecule has 7 nitrogen and oxygen atoms in total. The molecule has 0 spiro atoms. The molecule has 0 fully saturated rings. The van der Waals surface area contributed by atoms with Gasteiger partial charge in [-0.3, -0.25) is 9.59 Å². The molecule has 9 heteroatoms. The molecule has 1 aliphatic heterocycles. The summed E-state index contributed by atoms with van der Waals surface area (Å²) in [4.78, 5) is 31.8. The van der Waals surface area contributed by atoms with Crippen molar-refractivity contribution in [2.45, 2.75) is 46.3 Å². The van der Waals surface area contributed by atoms with Gasteiger partial charge in [0.15, 0.2) is 5.69 Å². The molecule has 0 radical (unpaired) electrons. The molecule has 0 bridgehead atoms. The normalized spacial score (nSPS) is 15.9. The predicted molar refractivity (Wildman–Crippen MR) is 113 cm³/mol. The standard InChI is InChI=1S/C21H27ClFN5O2/c1-21(2,3)17(18(24)29)26-20(30)16-15-11-27(4)8-5-9-28(15)19(25-16)12-6-7-14(23)13(22)10-12/h6-7,10,17H,5,8-9,11H2,1-4H3,(H2,24,29)(H,26,30)/t17-/m1/s1. The molecule has 0 saturated carbocycles. The highest BCUT2D eigenvalue weighted by molar-refractivity contribution is 6.31. The van der Waals surface area contributed by atoms with E-state index in [0.29, 0.717) is 24.5 Å². The number of carbonyl (C=O) groups excluding carboxylic acids is 2. The topological polar surface area (TPSA) is 93.2 Å². The predicted octanol–water partition coefficient (Wildman–Crippen LogP) is 2.81. The number of primary amides is 1. The van der Waals surface area contributed by atoms with Crippen LogP contribution in [-0.4, -0.2) is 45.9 Å². The quantitative estimate of drug-likeness (QED) is 0.772. The first-order chi connectivity index (χ1) is 14.0. The number of carbonyl (C=O) groups is 2. The summed E-state index contributed by atoms with van der Waals surface area (Å²) in [6, 6.07) is 3.53. The van der Waals surface area contributed by atoms with Crippen LogP contribution in [0.2, 0.25) is 5.02 Å². The molecule has 1 aromatic heterocycles. The average molecular weight is 436 g/mol. The molecule has 1 aliphatic rings. The van der Waals surface area contributed by atoms with Gasteiger partial charge in [0.2, 0.25) is 5.91 Å². The van der Waals surface area contributed by atoms with E-state index in [2.05, 4.69) is 15.2 Å². The summed E-state index contributed by atoms with van der Waals surface area (Å²) in [6.07, 6.45) is 0.870. The van der Waals surface area contributed by atoms with Gasteiger partial charge in [-0.25, -0.2) is 9.37 Å². The van der Waals surface area contributed by atoms with Crippen LogP contribution in [0.4, 0.5) is 4.39 Å². The van der Waals surface area contributed by atoms with Crippen molar-refractivity contribution in [2.75, 3.05) is 13.6 Å². The second-order valence-electron chi connectivity index (χ2n) is 8.78. The molecule has 0 aliphatic carbocycles. The lowest BCUT2D eigenvalue weighted by atomic mass is 9.86. The fourth-order valence-electron chi connectivity index (χ4n) is 3.67. The lowest BCUT2D eigenvalue weighted by Crippen LogP contribution is -2.52. The maximum Gasteiger partial charge on any atom is 0.272 e. The van der Waals surface area contributed by atoms with Crippen molar-refractivity contribution in [1.29, 1.82) is 0 Å². The molecule has 1 aromatic carbocycles. The Morgan fingerprint density at radius 3 is 2.60 bits per heavy atom. The number of nitrogens with one attached hydrogen (secondary N) is 1. The van der Waals surface area contributed by atoms with Crippen molar-refractivity contribution in [3.05, 3.63) is 40.4 Å². The highest BCUT2D eigenvalue weighted by Gasteiger charge is 2.34. The minimum absolute atomic E-state index is 0.0110. The SMILES string of the molecule is CN1CCCn2c(-c3ccc(F)c(Cl)c3)nc(C(=O)N[C@H](C(N)=O)C(C)(C)C)c2C1. The zero-order valence-electron chi connectivity index (χ0n) is 17.6. The van der Waals surface area contributed by atoms with Gasteiger partial charge in [0.1, 0.15) is 17.7 Å². The molecule has 3 rings (SSSR count). The van der Waals surface area contributed by atoms with Crippen LogP contribution in [0.25, 0.3) is 11.4 Å². The van der Waals surface area contributed by atoms with Crippen molar-refractivity contribution >= 4 is 23.4 Å². The van der Waals surface area contributed by atoms with Crippen LogP contribution in [0.3, 0.4) is 0 Å². The van der Waals surface area contributed by atoms with Crippen LogP contribution in [0.15, 0.2) is 18.2 Å². The summed E-state index contributed by atoms with van der Waals surface area (Å²) in [7, 11) is 1.97. The summed E-state index contributed by atoms with van der Waals surface area (Å²) in [6.45, 7) is 7.52. The van der Waals surface area contributed by atoms with Crippen molar-refractivity contribution in [2.24, 2.45) is 11.1 Å². The van der Waals surface area contributed by atoms with Crippen LogP contribution < -0.4 is 11.1 Å². The molecule has 0 unspecified atom stereocenters. The monoisotopic (exact) mass is 435 g/mol. The number of hydrogen-bond acceptors (Lipinski definition) is 4. The van der Waals surface area contributed by atoms with Crippen molar-refractivity contribution < 1.29 is 14.0 Å².